The van der Waals surface area contributed by atoms with E-state index in [2.05, 4.69) is 15.3 Å². The lowest BCUT2D eigenvalue weighted by Gasteiger charge is -2.14. The largest absolute Gasteiger partial charge is 0.459 e. The van der Waals surface area contributed by atoms with Crippen molar-refractivity contribution in [2.75, 3.05) is 13.6 Å². The van der Waals surface area contributed by atoms with Crippen molar-refractivity contribution in [1.29, 1.82) is 0 Å². The Morgan fingerprint density at radius 3 is 3.00 bits per heavy atom. The van der Waals surface area contributed by atoms with Gasteiger partial charge >= 0.3 is 0 Å². The lowest BCUT2D eigenvalue weighted by Crippen LogP contribution is -2.38. The molecule has 0 spiro atoms. The summed E-state index contributed by atoms with van der Waals surface area (Å²) in [6, 6.07) is 3.18. The predicted molar refractivity (Wildman–Crippen MR) is 66.1 cm³/mol. The Labute approximate surface area is 109 Å². The monoisotopic (exact) mass is 262 g/mol. The van der Waals surface area contributed by atoms with Gasteiger partial charge in [-0.3, -0.25) is 9.59 Å². The summed E-state index contributed by atoms with van der Waals surface area (Å²) in [6.07, 6.45) is 4.69. The van der Waals surface area contributed by atoms with Gasteiger partial charge in [-0.2, -0.15) is 0 Å². The first-order chi connectivity index (χ1) is 9.16. The zero-order chi connectivity index (χ0) is 13.7. The summed E-state index contributed by atoms with van der Waals surface area (Å²) in [7, 11) is 1.54. The minimum Gasteiger partial charge on any atom is -0.459 e. The molecule has 0 aliphatic rings. The van der Waals surface area contributed by atoms with Crippen molar-refractivity contribution >= 4 is 11.8 Å². The summed E-state index contributed by atoms with van der Waals surface area (Å²) in [6.45, 7) is 0.259. The van der Waals surface area contributed by atoms with Crippen LogP contribution in [0.15, 0.2) is 35.2 Å². The highest BCUT2D eigenvalue weighted by atomic mass is 16.3. The quantitative estimate of drug-likeness (QED) is 0.815. The van der Waals surface area contributed by atoms with Crippen molar-refractivity contribution in [1.82, 2.24) is 20.2 Å². The number of carbonyl (C=O) groups is 2. The molecule has 2 aromatic rings. The Hall–Kier alpha value is -2.57. The second-order valence-corrected chi connectivity index (χ2v) is 3.95. The number of likely N-dealkylation sites (N-methyl/N-ethyl adjacent to an activating group) is 1. The molecule has 100 valence electrons. The molecular weight excluding hydrogens is 248 g/mol. The molecule has 7 nitrogen and oxygen atoms in total. The Balaban J connectivity index is 1.80. The second kappa shape index (κ2) is 5.85. The summed E-state index contributed by atoms with van der Waals surface area (Å²) in [5.41, 5.74) is 0. The normalized spacial score (nSPS) is 10.2. The van der Waals surface area contributed by atoms with Gasteiger partial charge in [0, 0.05) is 19.4 Å². The van der Waals surface area contributed by atoms with Gasteiger partial charge in [0.1, 0.15) is 5.82 Å². The summed E-state index contributed by atoms with van der Waals surface area (Å²) in [5.74, 6) is 0.270. The van der Waals surface area contributed by atoms with Crippen molar-refractivity contribution in [3.63, 3.8) is 0 Å². The topological polar surface area (TPSA) is 91.2 Å². The average molecular weight is 262 g/mol. The molecule has 0 saturated heterocycles. The standard InChI is InChI=1S/C12H14N4O3/c1-16(12(18)9-3-2-6-19-9)8-11(17)15-7-10-13-4-5-14-10/h2-6H,7-8H2,1H3,(H,13,14)(H,15,17). The van der Waals surface area contributed by atoms with Crippen molar-refractivity contribution in [2.45, 2.75) is 6.54 Å². The summed E-state index contributed by atoms with van der Waals surface area (Å²) in [4.78, 5) is 31.6. The van der Waals surface area contributed by atoms with E-state index in [1.807, 2.05) is 0 Å². The number of rotatable bonds is 5. The van der Waals surface area contributed by atoms with Gasteiger partial charge in [0.2, 0.25) is 5.91 Å². The molecule has 0 atom stereocenters. The van der Waals surface area contributed by atoms with Crippen LogP contribution in [-0.2, 0) is 11.3 Å². The van der Waals surface area contributed by atoms with Crippen molar-refractivity contribution in [2.24, 2.45) is 0 Å². The molecule has 0 unspecified atom stereocenters. The van der Waals surface area contributed by atoms with Gasteiger partial charge in [0.05, 0.1) is 19.4 Å². The van der Waals surface area contributed by atoms with Gasteiger partial charge < -0.3 is 19.6 Å². The number of hydrogen-bond acceptors (Lipinski definition) is 4. The number of furan rings is 1. The number of imidazole rings is 1. The molecule has 0 radical (unpaired) electrons. The number of amides is 2. The van der Waals surface area contributed by atoms with Crippen molar-refractivity contribution in [3.8, 4) is 0 Å². The first-order valence-electron chi connectivity index (χ1n) is 5.70. The van der Waals surface area contributed by atoms with Crippen molar-refractivity contribution < 1.29 is 14.0 Å². The molecule has 0 aromatic carbocycles. The van der Waals surface area contributed by atoms with Crippen LogP contribution in [0, 0.1) is 0 Å². The molecule has 0 saturated carbocycles. The van der Waals surface area contributed by atoms with Gasteiger partial charge in [-0.15, -0.1) is 0 Å². The highest BCUT2D eigenvalue weighted by Gasteiger charge is 2.16. The highest BCUT2D eigenvalue weighted by molar-refractivity contribution is 5.93. The molecule has 0 aliphatic heterocycles. The Morgan fingerprint density at radius 1 is 1.53 bits per heavy atom. The van der Waals surface area contributed by atoms with Crippen LogP contribution >= 0.6 is 0 Å². The van der Waals surface area contributed by atoms with Gasteiger partial charge in [0.15, 0.2) is 5.76 Å². The Morgan fingerprint density at radius 2 is 2.37 bits per heavy atom. The fourth-order valence-corrected chi connectivity index (χ4v) is 1.51. The molecule has 2 aromatic heterocycles. The SMILES string of the molecule is CN(CC(=O)NCc1ncc[nH]1)C(=O)c1ccco1. The molecule has 0 fully saturated rings. The first-order valence-corrected chi connectivity index (χ1v) is 5.70. The third-order valence-electron chi connectivity index (χ3n) is 2.47. The maximum Gasteiger partial charge on any atom is 0.289 e. The van der Waals surface area contributed by atoms with Crippen LogP contribution in [0.2, 0.25) is 0 Å². The van der Waals surface area contributed by atoms with E-state index in [0.717, 1.165) is 0 Å². The Kier molecular flexibility index (Phi) is 3.97. The van der Waals surface area contributed by atoms with Gasteiger partial charge in [-0.1, -0.05) is 0 Å². The third kappa shape index (κ3) is 3.44. The molecule has 7 heteroatoms. The van der Waals surface area contributed by atoms with Crippen LogP contribution in [0.3, 0.4) is 0 Å². The molecule has 0 bridgehead atoms. The molecule has 2 rings (SSSR count). The molecule has 2 heterocycles. The number of aromatic nitrogens is 2. The molecular formula is C12H14N4O3. The van der Waals surface area contributed by atoms with Crippen LogP contribution < -0.4 is 5.32 Å². The molecule has 2 N–H and O–H groups in total. The van der Waals surface area contributed by atoms with E-state index < -0.39 is 0 Å². The molecule has 0 aliphatic carbocycles. The number of hydrogen-bond donors (Lipinski definition) is 2. The lowest BCUT2D eigenvalue weighted by atomic mass is 10.4. The minimum atomic E-state index is -0.335. The number of aromatic amines is 1. The van der Waals surface area contributed by atoms with Crippen LogP contribution in [0.1, 0.15) is 16.4 Å². The number of nitrogens with zero attached hydrogens (tertiary/aromatic N) is 2. The number of H-pyrrole nitrogens is 1. The van der Waals surface area contributed by atoms with Crippen LogP contribution in [0.4, 0.5) is 0 Å². The fourth-order valence-electron chi connectivity index (χ4n) is 1.51. The number of nitrogens with one attached hydrogen (secondary N) is 2. The highest BCUT2D eigenvalue weighted by Crippen LogP contribution is 2.03. The second-order valence-electron chi connectivity index (χ2n) is 3.95. The van der Waals surface area contributed by atoms with E-state index in [9.17, 15) is 9.59 Å². The predicted octanol–water partition coefficient (Wildman–Crippen LogP) is 0.391. The number of carbonyl (C=O) groups excluding carboxylic acids is 2. The maximum absolute atomic E-state index is 11.8. The summed E-state index contributed by atoms with van der Waals surface area (Å²) >= 11 is 0. The van der Waals surface area contributed by atoms with E-state index in [-0.39, 0.29) is 24.1 Å². The summed E-state index contributed by atoms with van der Waals surface area (Å²) in [5, 5.41) is 2.66. The minimum absolute atomic E-state index is 0.0414. The maximum atomic E-state index is 11.8. The smallest absolute Gasteiger partial charge is 0.289 e. The zero-order valence-electron chi connectivity index (χ0n) is 10.4. The van der Waals surface area contributed by atoms with E-state index in [0.29, 0.717) is 12.4 Å². The van der Waals surface area contributed by atoms with E-state index in [1.165, 1.54) is 18.2 Å². The average Bonchev–Trinajstić information content (AvgIpc) is 3.08. The first kappa shape index (κ1) is 12.9. The fraction of sp³-hybridized carbons (Fsp3) is 0.250. The van der Waals surface area contributed by atoms with Crippen molar-refractivity contribution in [3.05, 3.63) is 42.4 Å². The third-order valence-corrected chi connectivity index (χ3v) is 2.47. The Bertz CT molecular complexity index is 533. The van der Waals surface area contributed by atoms with E-state index in [4.69, 9.17) is 4.42 Å². The lowest BCUT2D eigenvalue weighted by molar-refractivity contribution is -0.121. The van der Waals surface area contributed by atoms with Gasteiger partial charge in [0.25, 0.3) is 5.91 Å². The zero-order valence-corrected chi connectivity index (χ0v) is 10.4. The molecule has 2 amide bonds. The summed E-state index contributed by atoms with van der Waals surface area (Å²) < 4.78 is 4.98. The van der Waals surface area contributed by atoms with Crippen LogP contribution in [0.5, 0.6) is 0 Å². The van der Waals surface area contributed by atoms with E-state index in [1.54, 1.807) is 24.5 Å². The van der Waals surface area contributed by atoms with Crippen LogP contribution in [0.25, 0.3) is 0 Å². The van der Waals surface area contributed by atoms with Crippen LogP contribution in [-0.4, -0.2) is 40.3 Å². The van der Waals surface area contributed by atoms with Gasteiger partial charge in [-0.05, 0) is 12.1 Å². The van der Waals surface area contributed by atoms with E-state index >= 15 is 0 Å². The molecule has 19 heavy (non-hydrogen) atoms. The van der Waals surface area contributed by atoms with Gasteiger partial charge in [-0.25, -0.2) is 4.98 Å².